The predicted octanol–water partition coefficient (Wildman–Crippen LogP) is 2.33. The molecule has 0 radical (unpaired) electrons. The molecule has 23 heavy (non-hydrogen) atoms. The summed E-state index contributed by atoms with van der Waals surface area (Å²) in [6, 6.07) is 17.1. The molecule has 2 aliphatic rings. The Bertz CT molecular complexity index is 730. The Morgan fingerprint density at radius 1 is 1.17 bits per heavy atom. The average molecular weight is 309 g/mol. The Hall–Kier alpha value is -2.33. The van der Waals surface area contributed by atoms with E-state index in [1.807, 2.05) is 36.4 Å². The van der Waals surface area contributed by atoms with Crippen LogP contribution in [0.2, 0.25) is 0 Å². The maximum atomic E-state index is 12.3. The van der Waals surface area contributed by atoms with Gasteiger partial charge in [0.15, 0.2) is 6.10 Å². The summed E-state index contributed by atoms with van der Waals surface area (Å²) in [6.45, 7) is 0.671. The van der Waals surface area contributed by atoms with Crippen molar-refractivity contribution in [2.24, 2.45) is 0 Å². The fourth-order valence-electron chi connectivity index (χ4n) is 3.59. The van der Waals surface area contributed by atoms with E-state index >= 15 is 0 Å². The third kappa shape index (κ3) is 2.39. The van der Waals surface area contributed by atoms with Crippen molar-refractivity contribution in [3.63, 3.8) is 0 Å². The van der Waals surface area contributed by atoms with Crippen molar-refractivity contribution in [3.8, 4) is 5.75 Å². The second-order valence-electron chi connectivity index (χ2n) is 6.33. The molecule has 118 valence electrons. The predicted molar refractivity (Wildman–Crippen MR) is 86.2 cm³/mol. The van der Waals surface area contributed by atoms with Crippen LogP contribution in [0.4, 0.5) is 0 Å². The zero-order chi connectivity index (χ0) is 15.9. The standard InChI is InChI=1S/C19H19NO3/c21-17(13-6-2-1-3-7-13)18(22)20-16-12-19(16)10-11-23-15-9-5-4-8-14(15)19/h1-9,16-17,21H,10-12H2,(H,20,22)/t16-,17-,19+/m0/s1. The molecule has 0 unspecified atom stereocenters. The van der Waals surface area contributed by atoms with Crippen molar-refractivity contribution in [3.05, 3.63) is 65.7 Å². The van der Waals surface area contributed by atoms with E-state index in [-0.39, 0.29) is 17.4 Å². The third-order valence-corrected chi connectivity index (χ3v) is 4.98. The molecule has 1 aliphatic heterocycles. The van der Waals surface area contributed by atoms with E-state index in [0.717, 1.165) is 18.6 Å². The van der Waals surface area contributed by atoms with E-state index < -0.39 is 6.10 Å². The van der Waals surface area contributed by atoms with Gasteiger partial charge in [-0.1, -0.05) is 48.5 Å². The quantitative estimate of drug-likeness (QED) is 0.915. The number of aliphatic hydroxyl groups excluding tert-OH is 1. The molecule has 1 saturated carbocycles. The Morgan fingerprint density at radius 3 is 2.74 bits per heavy atom. The number of para-hydroxylation sites is 1. The molecular weight excluding hydrogens is 290 g/mol. The molecule has 1 amide bonds. The van der Waals surface area contributed by atoms with E-state index in [4.69, 9.17) is 4.74 Å². The number of carbonyl (C=O) groups excluding carboxylic acids is 1. The monoisotopic (exact) mass is 309 g/mol. The van der Waals surface area contributed by atoms with Crippen LogP contribution in [-0.4, -0.2) is 23.7 Å². The van der Waals surface area contributed by atoms with Crippen LogP contribution < -0.4 is 10.1 Å². The summed E-state index contributed by atoms with van der Waals surface area (Å²) >= 11 is 0. The molecule has 1 fully saturated rings. The molecule has 0 saturated heterocycles. The fraction of sp³-hybridized carbons (Fsp3) is 0.316. The molecule has 0 aromatic heterocycles. The van der Waals surface area contributed by atoms with Crippen LogP contribution in [0.25, 0.3) is 0 Å². The molecule has 1 spiro atoms. The van der Waals surface area contributed by atoms with Crippen LogP contribution in [0.5, 0.6) is 5.75 Å². The number of hydrogen-bond acceptors (Lipinski definition) is 3. The van der Waals surface area contributed by atoms with Crippen molar-refractivity contribution < 1.29 is 14.6 Å². The average Bonchev–Trinajstić information content (AvgIpc) is 3.28. The Labute approximate surface area is 135 Å². The van der Waals surface area contributed by atoms with Crippen LogP contribution >= 0.6 is 0 Å². The fourth-order valence-corrected chi connectivity index (χ4v) is 3.59. The summed E-state index contributed by atoms with van der Waals surface area (Å²) < 4.78 is 5.71. The lowest BCUT2D eigenvalue weighted by molar-refractivity contribution is -0.129. The molecular formula is C19H19NO3. The molecule has 1 heterocycles. The Morgan fingerprint density at radius 2 is 1.91 bits per heavy atom. The lowest BCUT2D eigenvalue weighted by Gasteiger charge is -2.27. The maximum Gasteiger partial charge on any atom is 0.253 e. The van der Waals surface area contributed by atoms with Gasteiger partial charge in [-0.25, -0.2) is 0 Å². The van der Waals surface area contributed by atoms with Crippen molar-refractivity contribution in [2.45, 2.75) is 30.4 Å². The normalized spacial score (nSPS) is 26.0. The molecule has 2 aromatic carbocycles. The van der Waals surface area contributed by atoms with Crippen molar-refractivity contribution >= 4 is 5.91 Å². The van der Waals surface area contributed by atoms with Crippen LogP contribution in [-0.2, 0) is 10.2 Å². The van der Waals surface area contributed by atoms with Gasteiger partial charge in [-0.3, -0.25) is 4.79 Å². The third-order valence-electron chi connectivity index (χ3n) is 4.98. The number of fused-ring (bicyclic) bond motifs is 2. The van der Waals surface area contributed by atoms with Gasteiger partial charge in [0.2, 0.25) is 0 Å². The molecule has 3 atom stereocenters. The summed E-state index contributed by atoms with van der Waals surface area (Å²) in [5.74, 6) is 0.584. The zero-order valence-corrected chi connectivity index (χ0v) is 12.7. The van der Waals surface area contributed by atoms with Crippen LogP contribution in [0.1, 0.15) is 30.1 Å². The van der Waals surface area contributed by atoms with E-state index in [2.05, 4.69) is 11.4 Å². The summed E-state index contributed by atoms with van der Waals surface area (Å²) in [5.41, 5.74) is 1.76. The first-order chi connectivity index (χ1) is 11.2. The van der Waals surface area contributed by atoms with E-state index in [1.165, 1.54) is 5.56 Å². The molecule has 0 bridgehead atoms. The van der Waals surface area contributed by atoms with Gasteiger partial charge in [0.05, 0.1) is 6.61 Å². The lowest BCUT2D eigenvalue weighted by Crippen LogP contribution is -2.36. The van der Waals surface area contributed by atoms with Gasteiger partial charge in [-0.15, -0.1) is 0 Å². The van der Waals surface area contributed by atoms with E-state index in [1.54, 1.807) is 12.1 Å². The Kier molecular flexibility index (Phi) is 3.34. The van der Waals surface area contributed by atoms with Gasteiger partial charge in [-0.2, -0.15) is 0 Å². The van der Waals surface area contributed by atoms with Gasteiger partial charge in [-0.05, 0) is 24.5 Å². The molecule has 4 nitrogen and oxygen atoms in total. The number of nitrogens with one attached hydrogen (secondary N) is 1. The minimum absolute atomic E-state index is 0.0269. The minimum atomic E-state index is -1.12. The highest BCUT2D eigenvalue weighted by Gasteiger charge is 2.58. The molecule has 4 rings (SSSR count). The number of hydrogen-bond donors (Lipinski definition) is 2. The number of carbonyl (C=O) groups is 1. The highest BCUT2D eigenvalue weighted by Crippen LogP contribution is 2.55. The smallest absolute Gasteiger partial charge is 0.253 e. The molecule has 1 aliphatic carbocycles. The van der Waals surface area contributed by atoms with E-state index in [0.29, 0.717) is 12.2 Å². The molecule has 2 N–H and O–H groups in total. The van der Waals surface area contributed by atoms with Crippen LogP contribution in [0.3, 0.4) is 0 Å². The highest BCUT2D eigenvalue weighted by molar-refractivity contribution is 5.83. The Balaban J connectivity index is 1.49. The zero-order valence-electron chi connectivity index (χ0n) is 12.7. The van der Waals surface area contributed by atoms with Crippen LogP contribution in [0.15, 0.2) is 54.6 Å². The van der Waals surface area contributed by atoms with Crippen molar-refractivity contribution in [1.82, 2.24) is 5.32 Å². The van der Waals surface area contributed by atoms with Crippen molar-refractivity contribution in [2.75, 3.05) is 6.61 Å². The molecule has 2 aromatic rings. The largest absolute Gasteiger partial charge is 0.493 e. The van der Waals surface area contributed by atoms with Gasteiger partial charge in [0.25, 0.3) is 5.91 Å². The number of ether oxygens (including phenoxy) is 1. The SMILES string of the molecule is O=C(N[C@H]1C[C@@]12CCOc1ccccc12)[C@@H](O)c1ccccc1. The number of amides is 1. The topological polar surface area (TPSA) is 58.6 Å². The van der Waals surface area contributed by atoms with Gasteiger partial charge >= 0.3 is 0 Å². The van der Waals surface area contributed by atoms with Crippen LogP contribution in [0, 0.1) is 0 Å². The van der Waals surface area contributed by atoms with Gasteiger partial charge in [0, 0.05) is 17.0 Å². The van der Waals surface area contributed by atoms with E-state index in [9.17, 15) is 9.90 Å². The number of rotatable bonds is 3. The second kappa shape index (κ2) is 5.39. The van der Waals surface area contributed by atoms with Gasteiger partial charge < -0.3 is 15.2 Å². The first-order valence-corrected chi connectivity index (χ1v) is 7.96. The molecule has 4 heteroatoms. The first kappa shape index (κ1) is 14.3. The summed E-state index contributed by atoms with van der Waals surface area (Å²) in [5, 5.41) is 13.2. The second-order valence-corrected chi connectivity index (χ2v) is 6.33. The highest BCUT2D eigenvalue weighted by atomic mass is 16.5. The maximum absolute atomic E-state index is 12.3. The summed E-state index contributed by atoms with van der Waals surface area (Å²) in [7, 11) is 0. The number of benzene rings is 2. The number of aliphatic hydroxyl groups is 1. The summed E-state index contributed by atoms with van der Waals surface area (Å²) in [4.78, 5) is 12.3. The lowest BCUT2D eigenvalue weighted by atomic mass is 9.89. The van der Waals surface area contributed by atoms with Gasteiger partial charge in [0.1, 0.15) is 5.75 Å². The first-order valence-electron chi connectivity index (χ1n) is 7.96. The summed E-state index contributed by atoms with van der Waals surface area (Å²) in [6.07, 6.45) is 0.681. The minimum Gasteiger partial charge on any atom is -0.493 e. The van der Waals surface area contributed by atoms with Crippen molar-refractivity contribution in [1.29, 1.82) is 0 Å².